The lowest BCUT2D eigenvalue weighted by molar-refractivity contribution is 0.370. The molecule has 0 saturated carbocycles. The SMILES string of the molecule is FCc1nnc(CCl)o1. The zero-order valence-electron chi connectivity index (χ0n) is 4.47. The molecule has 0 aliphatic rings. The Labute approximate surface area is 55.8 Å². The molecule has 0 saturated heterocycles. The monoisotopic (exact) mass is 150 g/mol. The summed E-state index contributed by atoms with van der Waals surface area (Å²) in [5.41, 5.74) is 0. The largest absolute Gasteiger partial charge is 0.421 e. The maximum Gasteiger partial charge on any atom is 0.247 e. The van der Waals surface area contributed by atoms with Crippen molar-refractivity contribution in [2.45, 2.75) is 12.6 Å². The van der Waals surface area contributed by atoms with E-state index >= 15 is 0 Å². The third-order valence-corrected chi connectivity index (χ3v) is 0.966. The Balaban J connectivity index is 2.74. The lowest BCUT2D eigenvalue weighted by Gasteiger charge is -1.78. The van der Waals surface area contributed by atoms with Crippen LogP contribution in [0, 0.1) is 0 Å². The topological polar surface area (TPSA) is 38.9 Å². The second-order valence-corrected chi connectivity index (χ2v) is 1.62. The molecule has 1 aromatic heterocycles. The van der Waals surface area contributed by atoms with Gasteiger partial charge in [0.2, 0.25) is 11.8 Å². The number of halogens is 2. The van der Waals surface area contributed by atoms with Crippen molar-refractivity contribution in [2.75, 3.05) is 0 Å². The fraction of sp³-hybridized carbons (Fsp3) is 0.500. The number of hydrogen-bond acceptors (Lipinski definition) is 3. The zero-order chi connectivity index (χ0) is 6.69. The van der Waals surface area contributed by atoms with Crippen LogP contribution < -0.4 is 0 Å². The van der Waals surface area contributed by atoms with Gasteiger partial charge in [0.15, 0.2) is 6.67 Å². The summed E-state index contributed by atoms with van der Waals surface area (Å²) in [6, 6.07) is 0. The predicted octanol–water partition coefficient (Wildman–Crippen LogP) is 1.28. The molecule has 0 atom stereocenters. The number of nitrogens with zero attached hydrogens (tertiary/aromatic N) is 2. The molecule has 0 radical (unpaired) electrons. The molecule has 0 aromatic carbocycles. The summed E-state index contributed by atoms with van der Waals surface area (Å²) in [6.45, 7) is -0.732. The first kappa shape index (κ1) is 6.48. The second kappa shape index (κ2) is 2.77. The Kier molecular flexibility index (Phi) is 2.00. The van der Waals surface area contributed by atoms with Crippen molar-refractivity contribution >= 4 is 11.6 Å². The average Bonchev–Trinajstić information content (AvgIpc) is 2.34. The molecule has 1 rings (SSSR count). The highest BCUT2D eigenvalue weighted by Gasteiger charge is 2.01. The minimum atomic E-state index is -0.732. The molecule has 3 nitrogen and oxygen atoms in total. The Bertz CT molecular complexity index is 172. The van der Waals surface area contributed by atoms with Crippen molar-refractivity contribution in [3.8, 4) is 0 Å². The normalized spacial score (nSPS) is 10.0. The lowest BCUT2D eigenvalue weighted by Crippen LogP contribution is -1.75. The molecular formula is C4H4ClFN2O. The standard InChI is InChI=1S/C4H4ClFN2O/c5-1-3-7-8-4(2-6)9-3/h1-2H2. The molecule has 0 aliphatic carbocycles. The van der Waals surface area contributed by atoms with E-state index in [0.29, 0.717) is 0 Å². The first-order valence-electron chi connectivity index (χ1n) is 2.30. The minimum absolute atomic E-state index is 0.0225. The highest BCUT2D eigenvalue weighted by molar-refractivity contribution is 6.16. The highest BCUT2D eigenvalue weighted by Crippen LogP contribution is 2.02. The van der Waals surface area contributed by atoms with Crippen molar-refractivity contribution in [3.63, 3.8) is 0 Å². The van der Waals surface area contributed by atoms with Gasteiger partial charge < -0.3 is 4.42 Å². The van der Waals surface area contributed by atoms with Gasteiger partial charge in [0.05, 0.1) is 0 Å². The summed E-state index contributed by atoms with van der Waals surface area (Å²) in [5, 5.41) is 6.75. The van der Waals surface area contributed by atoms with Gasteiger partial charge in [0.1, 0.15) is 5.88 Å². The molecule has 0 N–H and O–H groups in total. The number of rotatable bonds is 2. The van der Waals surface area contributed by atoms with E-state index in [-0.39, 0.29) is 17.7 Å². The van der Waals surface area contributed by atoms with Gasteiger partial charge in [0, 0.05) is 0 Å². The molecule has 0 bridgehead atoms. The predicted molar refractivity (Wildman–Crippen MR) is 28.7 cm³/mol. The van der Waals surface area contributed by atoms with Crippen LogP contribution in [-0.4, -0.2) is 10.2 Å². The van der Waals surface area contributed by atoms with Crippen LogP contribution >= 0.6 is 11.6 Å². The molecule has 9 heavy (non-hydrogen) atoms. The van der Waals surface area contributed by atoms with Crippen LogP contribution in [0.5, 0.6) is 0 Å². The smallest absolute Gasteiger partial charge is 0.247 e. The summed E-state index contributed by atoms with van der Waals surface area (Å²) in [5.74, 6) is 0.363. The van der Waals surface area contributed by atoms with E-state index in [9.17, 15) is 4.39 Å². The minimum Gasteiger partial charge on any atom is -0.421 e. The quantitative estimate of drug-likeness (QED) is 0.596. The number of alkyl halides is 2. The van der Waals surface area contributed by atoms with E-state index in [0.717, 1.165) is 0 Å². The lowest BCUT2D eigenvalue weighted by atomic mass is 10.7. The number of aromatic nitrogens is 2. The van der Waals surface area contributed by atoms with Crippen LogP contribution in [0.3, 0.4) is 0 Å². The average molecular weight is 151 g/mol. The van der Waals surface area contributed by atoms with Gasteiger partial charge in [0.25, 0.3) is 0 Å². The third-order valence-electron chi connectivity index (χ3n) is 0.737. The van der Waals surface area contributed by atoms with Crippen molar-refractivity contribution in [3.05, 3.63) is 11.8 Å². The zero-order valence-corrected chi connectivity index (χ0v) is 5.23. The fourth-order valence-corrected chi connectivity index (χ4v) is 0.504. The molecule has 1 aromatic rings. The van der Waals surface area contributed by atoms with Gasteiger partial charge in [-0.05, 0) is 0 Å². The first-order valence-corrected chi connectivity index (χ1v) is 2.83. The van der Waals surface area contributed by atoms with Gasteiger partial charge >= 0.3 is 0 Å². The maximum absolute atomic E-state index is 11.6. The van der Waals surface area contributed by atoms with Crippen LogP contribution in [-0.2, 0) is 12.6 Å². The molecule has 0 fully saturated rings. The third kappa shape index (κ3) is 1.38. The van der Waals surface area contributed by atoms with E-state index in [2.05, 4.69) is 14.6 Å². The van der Waals surface area contributed by atoms with Crippen LogP contribution in [0.4, 0.5) is 4.39 Å². The molecule has 0 unspecified atom stereocenters. The Morgan fingerprint density at radius 3 is 2.44 bits per heavy atom. The molecule has 0 spiro atoms. The highest BCUT2D eigenvalue weighted by atomic mass is 35.5. The summed E-state index contributed by atoms with van der Waals surface area (Å²) < 4.78 is 16.3. The van der Waals surface area contributed by atoms with Gasteiger partial charge in [-0.3, -0.25) is 0 Å². The van der Waals surface area contributed by atoms with E-state index in [1.54, 1.807) is 0 Å². The maximum atomic E-state index is 11.6. The van der Waals surface area contributed by atoms with E-state index in [4.69, 9.17) is 11.6 Å². The molecule has 0 aliphatic heterocycles. The van der Waals surface area contributed by atoms with Crippen LogP contribution in [0.1, 0.15) is 11.8 Å². The van der Waals surface area contributed by atoms with Crippen molar-refractivity contribution in [2.24, 2.45) is 0 Å². The second-order valence-electron chi connectivity index (χ2n) is 1.36. The molecule has 50 valence electrons. The summed E-state index contributed by atoms with van der Waals surface area (Å²) in [6.07, 6.45) is 0. The van der Waals surface area contributed by atoms with Crippen molar-refractivity contribution in [1.82, 2.24) is 10.2 Å². The summed E-state index contributed by atoms with van der Waals surface area (Å²) in [4.78, 5) is 0. The van der Waals surface area contributed by atoms with Gasteiger partial charge in [-0.15, -0.1) is 21.8 Å². The van der Waals surface area contributed by atoms with Gasteiger partial charge in [-0.2, -0.15) is 0 Å². The van der Waals surface area contributed by atoms with Crippen molar-refractivity contribution in [1.29, 1.82) is 0 Å². The fourth-order valence-electron chi connectivity index (χ4n) is 0.396. The summed E-state index contributed by atoms with van der Waals surface area (Å²) in [7, 11) is 0. The van der Waals surface area contributed by atoms with Gasteiger partial charge in [-0.1, -0.05) is 0 Å². The molecular weight excluding hydrogens is 147 g/mol. The van der Waals surface area contributed by atoms with Gasteiger partial charge in [-0.25, -0.2) is 4.39 Å². The van der Waals surface area contributed by atoms with Crippen LogP contribution in [0.2, 0.25) is 0 Å². The van der Waals surface area contributed by atoms with Crippen LogP contribution in [0.25, 0.3) is 0 Å². The van der Waals surface area contributed by atoms with E-state index in [1.165, 1.54) is 0 Å². The number of hydrogen-bond donors (Lipinski definition) is 0. The summed E-state index contributed by atoms with van der Waals surface area (Å²) >= 11 is 5.28. The Morgan fingerprint density at radius 2 is 2.11 bits per heavy atom. The Hall–Kier alpha value is -0.640. The first-order chi connectivity index (χ1) is 4.36. The van der Waals surface area contributed by atoms with Crippen LogP contribution in [0.15, 0.2) is 4.42 Å². The molecule has 5 heteroatoms. The Morgan fingerprint density at radius 1 is 1.44 bits per heavy atom. The van der Waals surface area contributed by atoms with Crippen molar-refractivity contribution < 1.29 is 8.81 Å². The van der Waals surface area contributed by atoms with E-state index in [1.807, 2.05) is 0 Å². The molecule has 1 heterocycles. The van der Waals surface area contributed by atoms with E-state index < -0.39 is 6.67 Å². The molecule has 0 amide bonds.